The molecule has 2 aliphatic heterocycles. The van der Waals surface area contributed by atoms with Crippen molar-refractivity contribution < 1.29 is 4.74 Å². The van der Waals surface area contributed by atoms with Crippen LogP contribution in [0.3, 0.4) is 0 Å². The van der Waals surface area contributed by atoms with Crippen molar-refractivity contribution in [1.29, 1.82) is 0 Å². The van der Waals surface area contributed by atoms with Crippen LogP contribution in [-0.4, -0.2) is 7.05 Å². The Kier molecular flexibility index (Phi) is 10.6. The number of hydrogen-bond acceptors (Lipinski definition) is 5. The second-order valence-corrected chi connectivity index (χ2v) is 17.4. The van der Waals surface area contributed by atoms with Gasteiger partial charge in [-0.05, 0) is 157 Å². The Morgan fingerprint density at radius 3 is 1.92 bits per heavy atom. The van der Waals surface area contributed by atoms with Gasteiger partial charge in [-0.2, -0.15) is 0 Å². The van der Waals surface area contributed by atoms with E-state index in [9.17, 15) is 0 Å². The molecule has 0 saturated carbocycles. The number of rotatable bonds is 10. The van der Waals surface area contributed by atoms with Gasteiger partial charge < -0.3 is 24.3 Å². The highest BCUT2D eigenvalue weighted by Gasteiger charge is 2.36. The molecule has 0 spiro atoms. The third-order valence-electron chi connectivity index (χ3n) is 13.1. The van der Waals surface area contributed by atoms with E-state index >= 15 is 0 Å². The Hall–Kier alpha value is -7.76. The Bertz CT molecular complexity index is 3080. The summed E-state index contributed by atoms with van der Waals surface area (Å²) in [4.78, 5) is 9.34. The van der Waals surface area contributed by atoms with Gasteiger partial charge in [0.05, 0.1) is 34.1 Å². The van der Waals surface area contributed by atoms with E-state index in [1.54, 1.807) is 6.08 Å². The molecule has 0 N–H and O–H groups in total. The zero-order valence-electron chi connectivity index (χ0n) is 38.1. The first-order chi connectivity index (χ1) is 31.7. The number of benzene rings is 7. The number of hydrogen-bond donors (Lipinski definition) is 0. The highest BCUT2D eigenvalue weighted by atomic mass is 16.5. The second-order valence-electron chi connectivity index (χ2n) is 17.4. The summed E-state index contributed by atoms with van der Waals surface area (Å²) in [6.45, 7) is 15.0. The molecular formula is C60H54N4O. The summed E-state index contributed by atoms with van der Waals surface area (Å²) < 4.78 is 6.31. The van der Waals surface area contributed by atoms with Crippen LogP contribution in [0.4, 0.5) is 51.2 Å². The van der Waals surface area contributed by atoms with E-state index in [0.29, 0.717) is 0 Å². The molecule has 3 aliphatic rings. The highest BCUT2D eigenvalue weighted by Crippen LogP contribution is 2.53. The molecule has 0 bridgehead atoms. The maximum atomic E-state index is 6.31. The summed E-state index contributed by atoms with van der Waals surface area (Å²) in [5.74, 6) is 1.56. The molecule has 0 aromatic heterocycles. The summed E-state index contributed by atoms with van der Waals surface area (Å²) >= 11 is 0. The zero-order chi connectivity index (χ0) is 44.8. The maximum Gasteiger partial charge on any atom is 0.150 e. The average molecular weight is 847 g/mol. The van der Waals surface area contributed by atoms with Gasteiger partial charge in [-0.15, -0.1) is 0 Å². The third-order valence-corrected chi connectivity index (χ3v) is 13.1. The Morgan fingerprint density at radius 2 is 1.20 bits per heavy atom. The standard InChI is InChI=1S/C60H54N4O/c1-8-11-24-53-41(4)65-59(10-3)57(19-9-2)63(53)47-34-32-46(33-35-47)62(48-36-37-50-49-22-15-16-23-51(49)60(5,6)52(50)40-48)45-30-27-42(28-31-45)43-29-38-56-58(39-43)61(7)54-25-17-18-26-55(54)64(56)44-20-13-12-14-21-44/h9-40H,3,8H2,1-2,4-7H3/b19-9-,24-11-. The van der Waals surface area contributed by atoms with Crippen molar-refractivity contribution in [2.45, 2.75) is 46.5 Å². The molecule has 0 radical (unpaired) electrons. The van der Waals surface area contributed by atoms with Crippen molar-refractivity contribution in [3.63, 3.8) is 0 Å². The molecule has 0 fully saturated rings. The Labute approximate surface area is 384 Å². The molecule has 320 valence electrons. The lowest BCUT2D eigenvalue weighted by Gasteiger charge is -2.38. The largest absolute Gasteiger partial charge is 0.458 e. The highest BCUT2D eigenvalue weighted by molar-refractivity contribution is 5.99. The van der Waals surface area contributed by atoms with Crippen molar-refractivity contribution in [3.8, 4) is 22.3 Å². The van der Waals surface area contributed by atoms with Gasteiger partial charge in [0.25, 0.3) is 0 Å². The van der Waals surface area contributed by atoms with Gasteiger partial charge in [0.1, 0.15) is 11.5 Å². The Morgan fingerprint density at radius 1 is 0.585 bits per heavy atom. The van der Waals surface area contributed by atoms with E-state index in [0.717, 1.165) is 80.3 Å². The smallest absolute Gasteiger partial charge is 0.150 e. The van der Waals surface area contributed by atoms with Crippen LogP contribution in [0.5, 0.6) is 0 Å². The molecule has 5 heteroatoms. The van der Waals surface area contributed by atoms with Gasteiger partial charge in [-0.1, -0.05) is 118 Å². The number of nitrogens with zero attached hydrogens (tertiary/aromatic N) is 4. The van der Waals surface area contributed by atoms with E-state index in [4.69, 9.17) is 4.74 Å². The summed E-state index contributed by atoms with van der Waals surface area (Å²) in [5.41, 5.74) is 19.5. The van der Waals surface area contributed by atoms with E-state index < -0.39 is 0 Å². The van der Waals surface area contributed by atoms with Gasteiger partial charge in [0, 0.05) is 40.9 Å². The predicted octanol–water partition coefficient (Wildman–Crippen LogP) is 16.7. The number of ether oxygens (including phenoxy) is 1. The van der Waals surface area contributed by atoms with E-state index in [1.807, 2.05) is 19.9 Å². The van der Waals surface area contributed by atoms with Gasteiger partial charge in [0.2, 0.25) is 0 Å². The predicted molar refractivity (Wildman–Crippen MR) is 275 cm³/mol. The molecule has 10 rings (SSSR count). The van der Waals surface area contributed by atoms with Crippen LogP contribution >= 0.6 is 0 Å². The minimum absolute atomic E-state index is 0.140. The van der Waals surface area contributed by atoms with E-state index in [2.05, 4.69) is 236 Å². The normalized spacial score (nSPS) is 15.0. The minimum Gasteiger partial charge on any atom is -0.458 e. The van der Waals surface area contributed by atoms with Crippen LogP contribution in [0.1, 0.15) is 52.2 Å². The second kappa shape index (κ2) is 16.7. The van der Waals surface area contributed by atoms with Crippen LogP contribution < -0.4 is 19.6 Å². The molecular weight excluding hydrogens is 793 g/mol. The third kappa shape index (κ3) is 7.05. The van der Waals surface area contributed by atoms with Gasteiger partial charge in [-0.3, -0.25) is 0 Å². The molecule has 7 aromatic rings. The van der Waals surface area contributed by atoms with E-state index in [1.165, 1.54) is 33.6 Å². The zero-order valence-corrected chi connectivity index (χ0v) is 38.1. The van der Waals surface area contributed by atoms with Gasteiger partial charge >= 0.3 is 0 Å². The molecule has 0 saturated heterocycles. The molecule has 0 amide bonds. The summed E-state index contributed by atoms with van der Waals surface area (Å²) in [6, 6.07) is 59.9. The van der Waals surface area contributed by atoms with Crippen molar-refractivity contribution in [2.24, 2.45) is 0 Å². The molecule has 1 aliphatic carbocycles. The number of para-hydroxylation sites is 3. The summed E-state index contributed by atoms with van der Waals surface area (Å²) in [5, 5.41) is 0. The fraction of sp³-hybridized carbons (Fsp3) is 0.133. The average Bonchev–Trinajstić information content (AvgIpc) is 3.57. The number of fused-ring (bicyclic) bond motifs is 5. The fourth-order valence-corrected chi connectivity index (χ4v) is 9.87. The number of anilines is 9. The topological polar surface area (TPSA) is 22.2 Å². The lowest BCUT2D eigenvalue weighted by atomic mass is 9.82. The Balaban J connectivity index is 1.06. The van der Waals surface area contributed by atoms with E-state index in [-0.39, 0.29) is 5.41 Å². The summed E-state index contributed by atoms with van der Waals surface area (Å²) in [6.07, 6.45) is 11.2. The summed E-state index contributed by atoms with van der Waals surface area (Å²) in [7, 11) is 2.17. The van der Waals surface area contributed by atoms with Crippen molar-refractivity contribution in [2.75, 3.05) is 26.6 Å². The lowest BCUT2D eigenvalue weighted by Crippen LogP contribution is -2.27. The quantitative estimate of drug-likeness (QED) is 0.136. The first-order valence-corrected chi connectivity index (χ1v) is 22.6. The monoisotopic (exact) mass is 846 g/mol. The van der Waals surface area contributed by atoms with Crippen LogP contribution in [-0.2, 0) is 10.2 Å². The van der Waals surface area contributed by atoms with Gasteiger partial charge in [-0.25, -0.2) is 0 Å². The van der Waals surface area contributed by atoms with Crippen molar-refractivity contribution in [3.05, 3.63) is 235 Å². The van der Waals surface area contributed by atoms with Gasteiger partial charge in [0.15, 0.2) is 0 Å². The lowest BCUT2D eigenvalue weighted by molar-refractivity contribution is 0.305. The van der Waals surface area contributed by atoms with Crippen molar-refractivity contribution in [1.82, 2.24) is 0 Å². The molecule has 0 atom stereocenters. The first-order valence-electron chi connectivity index (χ1n) is 22.6. The molecule has 0 unspecified atom stereocenters. The molecule has 2 heterocycles. The van der Waals surface area contributed by atoms with Crippen LogP contribution in [0.2, 0.25) is 0 Å². The molecule has 65 heavy (non-hydrogen) atoms. The first kappa shape index (κ1) is 41.3. The maximum absolute atomic E-state index is 6.31. The number of allylic oxidation sites excluding steroid dienone is 6. The van der Waals surface area contributed by atoms with Crippen LogP contribution in [0.15, 0.2) is 224 Å². The molecule has 7 aromatic carbocycles. The van der Waals surface area contributed by atoms with Crippen molar-refractivity contribution >= 4 is 51.2 Å². The SMILES string of the molecule is C=CC1=C(/C=C\C)N(c2ccc(N(c3ccc(-c4ccc5c(c4)N(C)c4ccccc4N5c4ccccc4)cc3)c3ccc4c(c3)C(C)(C)c3ccccc3-4)cc2)C(/C=C\CC)=C(C)O1. The molecule has 5 nitrogen and oxygen atoms in total. The van der Waals surface area contributed by atoms with Crippen LogP contribution in [0.25, 0.3) is 22.3 Å². The fourth-order valence-electron chi connectivity index (χ4n) is 9.87. The minimum atomic E-state index is -0.140. The van der Waals surface area contributed by atoms with Crippen LogP contribution in [0, 0.1) is 0 Å².